The number of ketones is 1. The monoisotopic (exact) mass is 473 g/mol. The summed E-state index contributed by atoms with van der Waals surface area (Å²) < 4.78 is 6.38. The molecule has 2 aromatic carbocycles. The number of carbonyl (C=O) groups is 2. The molecule has 0 aromatic heterocycles. The van der Waals surface area contributed by atoms with E-state index in [2.05, 4.69) is 15.9 Å². The van der Waals surface area contributed by atoms with E-state index in [-0.39, 0.29) is 24.5 Å². The van der Waals surface area contributed by atoms with Gasteiger partial charge in [0.2, 0.25) is 0 Å². The first-order valence-electron chi connectivity index (χ1n) is 9.77. The van der Waals surface area contributed by atoms with Crippen molar-refractivity contribution in [3.8, 4) is 5.75 Å². The number of Topliss-reactive ketones (excluding diaryl/α,β-unsaturated/α-hetero) is 1. The molecular weight excluding hydrogens is 450 g/mol. The molecule has 0 aliphatic carbocycles. The molecule has 1 aliphatic rings. The van der Waals surface area contributed by atoms with Gasteiger partial charge in [-0.15, -0.1) is 0 Å². The van der Waals surface area contributed by atoms with Gasteiger partial charge in [0.1, 0.15) is 18.1 Å². The highest BCUT2D eigenvalue weighted by Crippen LogP contribution is 2.40. The van der Waals surface area contributed by atoms with Gasteiger partial charge in [-0.3, -0.25) is 9.59 Å². The van der Waals surface area contributed by atoms with Crippen molar-refractivity contribution in [2.75, 3.05) is 19.8 Å². The first kappa shape index (κ1) is 22.1. The fourth-order valence-corrected chi connectivity index (χ4v) is 3.83. The van der Waals surface area contributed by atoms with Crippen LogP contribution in [-0.4, -0.2) is 46.6 Å². The fourth-order valence-electron chi connectivity index (χ4n) is 3.58. The Bertz CT molecular complexity index is 1000. The zero-order valence-electron chi connectivity index (χ0n) is 16.9. The number of amides is 1. The lowest BCUT2D eigenvalue weighted by molar-refractivity contribution is -0.139. The Hall–Kier alpha value is -2.64. The van der Waals surface area contributed by atoms with E-state index >= 15 is 0 Å². The number of hydrogen-bond donors (Lipinski definition) is 2. The van der Waals surface area contributed by atoms with Gasteiger partial charge in [-0.2, -0.15) is 0 Å². The normalized spacial score (nSPS) is 18.1. The predicted molar refractivity (Wildman–Crippen MR) is 117 cm³/mol. The number of carbonyl (C=O) groups excluding carboxylic acids is 2. The Labute approximate surface area is 183 Å². The van der Waals surface area contributed by atoms with Crippen molar-refractivity contribution in [2.45, 2.75) is 26.3 Å². The second kappa shape index (κ2) is 9.45. The summed E-state index contributed by atoms with van der Waals surface area (Å²) in [5, 5.41) is 20.1. The third kappa shape index (κ3) is 4.27. The molecular formula is C23H24BrNO5. The van der Waals surface area contributed by atoms with Crippen LogP contribution in [0.15, 0.2) is 52.5 Å². The number of aliphatic hydroxyl groups is 2. The summed E-state index contributed by atoms with van der Waals surface area (Å²) in [7, 11) is 0. The first-order chi connectivity index (χ1) is 14.4. The molecule has 6 nitrogen and oxygen atoms in total. The third-order valence-electron chi connectivity index (χ3n) is 4.97. The summed E-state index contributed by atoms with van der Waals surface area (Å²) in [4.78, 5) is 27.2. The SMILES string of the molecule is CCCN1C(=O)C(=O)/C(=C(\O)c2ccc(Br)c(C)c2)C1c1cccc(OCCO)c1. The Morgan fingerprint density at radius 2 is 1.97 bits per heavy atom. The number of aliphatic hydroxyl groups excluding tert-OH is 2. The average Bonchev–Trinajstić information content (AvgIpc) is 2.99. The zero-order chi connectivity index (χ0) is 21.8. The maximum absolute atomic E-state index is 12.9. The van der Waals surface area contributed by atoms with Crippen LogP contribution in [0.3, 0.4) is 0 Å². The van der Waals surface area contributed by atoms with E-state index in [1.165, 1.54) is 4.90 Å². The minimum Gasteiger partial charge on any atom is -0.507 e. The van der Waals surface area contributed by atoms with Crippen LogP contribution in [0.2, 0.25) is 0 Å². The molecule has 1 saturated heterocycles. The van der Waals surface area contributed by atoms with Gasteiger partial charge in [0.25, 0.3) is 11.7 Å². The van der Waals surface area contributed by atoms with E-state index in [1.54, 1.807) is 42.5 Å². The van der Waals surface area contributed by atoms with Gasteiger partial charge >= 0.3 is 0 Å². The average molecular weight is 474 g/mol. The minimum absolute atomic E-state index is 0.0643. The molecule has 1 atom stereocenters. The van der Waals surface area contributed by atoms with Crippen LogP contribution < -0.4 is 4.74 Å². The molecule has 1 heterocycles. The largest absolute Gasteiger partial charge is 0.507 e. The number of nitrogens with zero attached hydrogens (tertiary/aromatic N) is 1. The smallest absolute Gasteiger partial charge is 0.295 e. The lowest BCUT2D eigenvalue weighted by atomic mass is 9.94. The van der Waals surface area contributed by atoms with Crippen LogP contribution in [-0.2, 0) is 9.59 Å². The maximum Gasteiger partial charge on any atom is 0.295 e. The Balaban J connectivity index is 2.15. The van der Waals surface area contributed by atoms with E-state index < -0.39 is 17.7 Å². The molecule has 0 saturated carbocycles. The molecule has 2 aromatic rings. The molecule has 0 bridgehead atoms. The zero-order valence-corrected chi connectivity index (χ0v) is 18.5. The van der Waals surface area contributed by atoms with Gasteiger partial charge in [0.05, 0.1) is 18.2 Å². The topological polar surface area (TPSA) is 87.1 Å². The van der Waals surface area contributed by atoms with Crippen LogP contribution in [0.5, 0.6) is 5.75 Å². The van der Waals surface area contributed by atoms with Crippen molar-refractivity contribution in [2.24, 2.45) is 0 Å². The fraction of sp³-hybridized carbons (Fsp3) is 0.304. The summed E-state index contributed by atoms with van der Waals surface area (Å²) >= 11 is 3.43. The lowest BCUT2D eigenvalue weighted by Crippen LogP contribution is -2.30. The van der Waals surface area contributed by atoms with E-state index in [0.717, 1.165) is 10.0 Å². The number of likely N-dealkylation sites (tertiary alicyclic amines) is 1. The Morgan fingerprint density at radius 3 is 2.63 bits per heavy atom. The predicted octanol–water partition coefficient (Wildman–Crippen LogP) is 3.96. The van der Waals surface area contributed by atoms with Crippen LogP contribution in [0.1, 0.15) is 36.1 Å². The van der Waals surface area contributed by atoms with Crippen molar-refractivity contribution >= 4 is 33.4 Å². The highest BCUT2D eigenvalue weighted by Gasteiger charge is 2.45. The number of hydrogen-bond acceptors (Lipinski definition) is 5. The summed E-state index contributed by atoms with van der Waals surface area (Å²) in [6, 6.07) is 11.6. The van der Waals surface area contributed by atoms with E-state index in [9.17, 15) is 14.7 Å². The number of aryl methyl sites for hydroxylation is 1. The van der Waals surface area contributed by atoms with E-state index in [1.807, 2.05) is 13.8 Å². The number of halogens is 1. The second-order valence-corrected chi connectivity index (χ2v) is 7.96. The Kier molecular flexibility index (Phi) is 6.95. The van der Waals surface area contributed by atoms with Gasteiger partial charge in [-0.05, 0) is 48.7 Å². The van der Waals surface area contributed by atoms with Crippen molar-refractivity contribution in [3.05, 3.63) is 69.2 Å². The molecule has 1 fully saturated rings. The molecule has 1 unspecified atom stereocenters. The molecule has 7 heteroatoms. The molecule has 1 amide bonds. The minimum atomic E-state index is -0.716. The number of ether oxygens (including phenoxy) is 1. The van der Waals surface area contributed by atoms with Crippen LogP contribution in [0, 0.1) is 6.92 Å². The standard InChI is InChI=1S/C23H24BrNO5/c1-3-9-25-20(15-5-4-6-17(13-15)30-11-10-26)19(22(28)23(25)29)21(27)16-7-8-18(24)14(2)12-16/h4-8,12-13,20,26-27H,3,9-11H2,1-2H3/b21-19-. The molecule has 158 valence electrons. The van der Waals surface area contributed by atoms with Crippen molar-refractivity contribution in [3.63, 3.8) is 0 Å². The van der Waals surface area contributed by atoms with Gasteiger partial charge < -0.3 is 19.8 Å². The highest BCUT2D eigenvalue weighted by atomic mass is 79.9. The second-order valence-electron chi connectivity index (χ2n) is 7.10. The van der Waals surface area contributed by atoms with E-state index in [4.69, 9.17) is 9.84 Å². The van der Waals surface area contributed by atoms with E-state index in [0.29, 0.717) is 29.8 Å². The third-order valence-corrected chi connectivity index (χ3v) is 5.86. The maximum atomic E-state index is 12.9. The van der Waals surface area contributed by atoms with Crippen LogP contribution in [0.4, 0.5) is 0 Å². The van der Waals surface area contributed by atoms with Gasteiger partial charge in [0, 0.05) is 16.6 Å². The molecule has 0 spiro atoms. The van der Waals surface area contributed by atoms with Crippen molar-refractivity contribution in [1.82, 2.24) is 4.90 Å². The van der Waals surface area contributed by atoms with Crippen LogP contribution >= 0.6 is 15.9 Å². The van der Waals surface area contributed by atoms with Gasteiger partial charge in [-0.1, -0.05) is 41.1 Å². The molecule has 2 N–H and O–H groups in total. The first-order valence-corrected chi connectivity index (χ1v) is 10.6. The lowest BCUT2D eigenvalue weighted by Gasteiger charge is -2.25. The van der Waals surface area contributed by atoms with Gasteiger partial charge in [0.15, 0.2) is 0 Å². The summed E-state index contributed by atoms with van der Waals surface area (Å²) in [6.45, 7) is 4.20. The quantitative estimate of drug-likeness (QED) is 0.361. The molecule has 30 heavy (non-hydrogen) atoms. The number of rotatable bonds is 7. The molecule has 1 aliphatic heterocycles. The van der Waals surface area contributed by atoms with Crippen molar-refractivity contribution in [1.29, 1.82) is 0 Å². The molecule has 3 rings (SSSR count). The summed E-state index contributed by atoms with van der Waals surface area (Å²) in [5.41, 5.74) is 2.10. The van der Waals surface area contributed by atoms with Gasteiger partial charge in [-0.25, -0.2) is 0 Å². The number of benzene rings is 2. The highest BCUT2D eigenvalue weighted by molar-refractivity contribution is 9.10. The summed E-state index contributed by atoms with van der Waals surface area (Å²) in [5.74, 6) is -1.01. The van der Waals surface area contributed by atoms with Crippen molar-refractivity contribution < 1.29 is 24.5 Å². The molecule has 0 radical (unpaired) electrons. The van der Waals surface area contributed by atoms with Crippen LogP contribution in [0.25, 0.3) is 5.76 Å². The Morgan fingerprint density at radius 1 is 1.20 bits per heavy atom. The summed E-state index contributed by atoms with van der Waals surface area (Å²) in [6.07, 6.45) is 0.668.